The fraction of sp³-hybridized carbons (Fsp3) is 0.258. The van der Waals surface area contributed by atoms with Crippen LogP contribution in [-0.2, 0) is 11.2 Å². The monoisotopic (exact) mass is 529 g/mol. The summed E-state index contributed by atoms with van der Waals surface area (Å²) >= 11 is 0. The van der Waals surface area contributed by atoms with Gasteiger partial charge in [0.1, 0.15) is 23.0 Å². The van der Waals surface area contributed by atoms with Gasteiger partial charge in [0.05, 0.1) is 17.5 Å². The molecule has 3 saturated carbocycles. The molecular formula is C31H25F2NO5. The first-order chi connectivity index (χ1) is 18.7. The third kappa shape index (κ3) is 4.30. The highest BCUT2D eigenvalue weighted by molar-refractivity contribution is 6.12. The van der Waals surface area contributed by atoms with E-state index in [-0.39, 0.29) is 40.1 Å². The zero-order valence-electron chi connectivity index (χ0n) is 21.1. The number of hydrogen-bond acceptors (Lipinski definition) is 4. The van der Waals surface area contributed by atoms with Crippen molar-refractivity contribution in [3.8, 4) is 22.5 Å². The summed E-state index contributed by atoms with van der Waals surface area (Å²) in [5.41, 5.74) is 2.21. The summed E-state index contributed by atoms with van der Waals surface area (Å²) in [6.07, 6.45) is 2.97. The Kier molecular flexibility index (Phi) is 5.86. The van der Waals surface area contributed by atoms with Crippen LogP contribution in [-0.4, -0.2) is 29.8 Å². The Morgan fingerprint density at radius 2 is 1.69 bits per heavy atom. The number of aliphatic carboxylic acids is 1. The maximum Gasteiger partial charge on any atom is 0.307 e. The van der Waals surface area contributed by atoms with E-state index in [1.807, 2.05) is 0 Å². The van der Waals surface area contributed by atoms with Crippen LogP contribution in [0.25, 0.3) is 33.4 Å². The standard InChI is InChI=1S/C31H25F2NO5/c1-34-30(38)28-23-11-21(18-4-7-24(33)22(8-18)25(35)15-31-12-16(13-31)14-31)19(10-27(36)37)9-26(23)39-29(28)17-2-5-20(32)6-3-17/h2-9,11,16H,10,12-15H2,1H3,(H,34,38)(H,36,37). The molecule has 0 unspecified atom stereocenters. The topological polar surface area (TPSA) is 96.6 Å². The highest BCUT2D eigenvalue weighted by Crippen LogP contribution is 2.66. The van der Waals surface area contributed by atoms with Crippen LogP contribution in [0.15, 0.2) is 59.0 Å². The summed E-state index contributed by atoms with van der Waals surface area (Å²) in [7, 11) is 1.47. The molecule has 1 amide bonds. The number of ketones is 1. The molecule has 198 valence electrons. The predicted molar refractivity (Wildman–Crippen MR) is 140 cm³/mol. The van der Waals surface area contributed by atoms with Crippen LogP contribution in [0.3, 0.4) is 0 Å². The number of benzene rings is 3. The number of hydrogen-bond donors (Lipinski definition) is 2. The van der Waals surface area contributed by atoms with Crippen molar-refractivity contribution in [2.24, 2.45) is 11.3 Å². The fourth-order valence-corrected chi connectivity index (χ4v) is 6.13. The minimum absolute atomic E-state index is 0.00748. The Bertz CT molecular complexity index is 1650. The minimum atomic E-state index is -1.09. The van der Waals surface area contributed by atoms with Crippen LogP contribution in [0, 0.1) is 23.0 Å². The molecule has 0 radical (unpaired) electrons. The van der Waals surface area contributed by atoms with E-state index in [4.69, 9.17) is 4.42 Å². The van der Waals surface area contributed by atoms with Gasteiger partial charge in [-0.1, -0.05) is 6.07 Å². The fourth-order valence-electron chi connectivity index (χ4n) is 6.13. The lowest BCUT2D eigenvalue weighted by Crippen LogP contribution is -2.52. The average molecular weight is 530 g/mol. The van der Waals surface area contributed by atoms with E-state index in [1.54, 1.807) is 12.1 Å². The van der Waals surface area contributed by atoms with Gasteiger partial charge in [-0.2, -0.15) is 0 Å². The molecule has 0 saturated heterocycles. The average Bonchev–Trinajstić information content (AvgIpc) is 3.23. The van der Waals surface area contributed by atoms with Crippen molar-refractivity contribution < 1.29 is 32.7 Å². The summed E-state index contributed by atoms with van der Waals surface area (Å²) < 4.78 is 34.4. The van der Waals surface area contributed by atoms with Gasteiger partial charge in [0.15, 0.2) is 5.78 Å². The second-order valence-corrected chi connectivity index (χ2v) is 10.7. The first kappa shape index (κ1) is 25.0. The summed E-state index contributed by atoms with van der Waals surface area (Å²) in [5, 5.41) is 12.6. The number of fused-ring (bicyclic) bond motifs is 1. The van der Waals surface area contributed by atoms with Crippen molar-refractivity contribution >= 4 is 28.6 Å². The molecule has 3 aliphatic carbocycles. The number of carbonyl (C=O) groups is 3. The number of amides is 1. The molecule has 39 heavy (non-hydrogen) atoms. The summed E-state index contributed by atoms with van der Waals surface area (Å²) in [4.78, 5) is 37.8. The number of halogens is 2. The number of nitrogens with one attached hydrogen (secondary N) is 1. The largest absolute Gasteiger partial charge is 0.481 e. The third-order valence-corrected chi connectivity index (χ3v) is 8.09. The highest BCUT2D eigenvalue weighted by Gasteiger charge is 2.57. The van der Waals surface area contributed by atoms with Gasteiger partial charge in [-0.15, -0.1) is 0 Å². The molecule has 1 aromatic heterocycles. The molecule has 3 aromatic carbocycles. The van der Waals surface area contributed by atoms with E-state index >= 15 is 0 Å². The summed E-state index contributed by atoms with van der Waals surface area (Å²) in [6.45, 7) is 0. The molecular weight excluding hydrogens is 504 g/mol. The van der Waals surface area contributed by atoms with Crippen LogP contribution in [0.1, 0.15) is 52.0 Å². The van der Waals surface area contributed by atoms with Crippen LogP contribution in [0.2, 0.25) is 0 Å². The molecule has 4 aromatic rings. The maximum atomic E-state index is 14.8. The first-order valence-electron chi connectivity index (χ1n) is 12.8. The number of rotatable bonds is 8. The van der Waals surface area contributed by atoms with Gasteiger partial charge in [0, 0.05) is 24.4 Å². The SMILES string of the molecule is CNC(=O)c1c(-c2ccc(F)cc2)oc2cc(CC(=O)O)c(-c3ccc(F)c(C(=O)CC45CC(C4)C5)c3)cc12. The van der Waals surface area contributed by atoms with Gasteiger partial charge in [0.2, 0.25) is 0 Å². The quantitative estimate of drug-likeness (QED) is 0.257. The van der Waals surface area contributed by atoms with E-state index in [0.717, 1.165) is 19.3 Å². The van der Waals surface area contributed by atoms with E-state index < -0.39 is 23.5 Å². The normalized spacial score (nSPS) is 19.3. The lowest BCUT2D eigenvalue weighted by Gasteiger charge is -2.62. The van der Waals surface area contributed by atoms with Crippen molar-refractivity contribution in [3.63, 3.8) is 0 Å². The van der Waals surface area contributed by atoms with Gasteiger partial charge < -0.3 is 14.8 Å². The number of Topliss-reactive ketones (excluding diaryl/α,β-unsaturated/α-hetero) is 1. The van der Waals surface area contributed by atoms with Gasteiger partial charge in [-0.25, -0.2) is 8.78 Å². The number of carboxylic acid groups (broad SMARTS) is 1. The molecule has 0 spiro atoms. The van der Waals surface area contributed by atoms with Crippen molar-refractivity contribution in [2.75, 3.05) is 7.05 Å². The molecule has 8 heteroatoms. The molecule has 3 fully saturated rings. The Labute approximate surface area is 222 Å². The molecule has 2 bridgehead atoms. The molecule has 6 nitrogen and oxygen atoms in total. The smallest absolute Gasteiger partial charge is 0.307 e. The summed E-state index contributed by atoms with van der Waals surface area (Å²) in [6, 6.07) is 12.9. The van der Waals surface area contributed by atoms with E-state index in [2.05, 4.69) is 5.32 Å². The number of furan rings is 1. The van der Waals surface area contributed by atoms with Crippen LogP contribution in [0.4, 0.5) is 8.78 Å². The third-order valence-electron chi connectivity index (χ3n) is 8.09. The van der Waals surface area contributed by atoms with Gasteiger partial charge >= 0.3 is 5.97 Å². The second kappa shape index (κ2) is 9.15. The van der Waals surface area contributed by atoms with Crippen molar-refractivity contribution in [1.82, 2.24) is 5.32 Å². The number of carboxylic acids is 1. The molecule has 2 N–H and O–H groups in total. The Morgan fingerprint density at radius 3 is 2.31 bits per heavy atom. The summed E-state index contributed by atoms with van der Waals surface area (Å²) in [5.74, 6) is -1.96. The Balaban J connectivity index is 1.50. The Hall–Kier alpha value is -4.33. The molecule has 7 rings (SSSR count). The first-order valence-corrected chi connectivity index (χ1v) is 12.8. The van der Waals surface area contributed by atoms with Crippen molar-refractivity contribution in [2.45, 2.75) is 32.1 Å². The van der Waals surface area contributed by atoms with Crippen LogP contribution < -0.4 is 5.32 Å². The number of carbonyl (C=O) groups excluding carboxylic acids is 2. The predicted octanol–water partition coefficient (Wildman–Crippen LogP) is 6.40. The van der Waals surface area contributed by atoms with Crippen molar-refractivity contribution in [3.05, 3.63) is 82.9 Å². The maximum absolute atomic E-state index is 14.8. The van der Waals surface area contributed by atoms with Gasteiger partial charge in [0.25, 0.3) is 5.91 Å². The van der Waals surface area contributed by atoms with Gasteiger partial charge in [-0.3, -0.25) is 14.4 Å². The zero-order chi connectivity index (χ0) is 27.5. The zero-order valence-corrected chi connectivity index (χ0v) is 21.1. The van der Waals surface area contributed by atoms with E-state index in [9.17, 15) is 28.3 Å². The molecule has 1 heterocycles. The highest BCUT2D eigenvalue weighted by atomic mass is 19.1. The van der Waals surface area contributed by atoms with E-state index in [0.29, 0.717) is 40.0 Å². The lowest BCUT2D eigenvalue weighted by molar-refractivity contribution is -0.136. The minimum Gasteiger partial charge on any atom is -0.481 e. The van der Waals surface area contributed by atoms with Crippen LogP contribution in [0.5, 0.6) is 0 Å². The molecule has 3 aliphatic rings. The Morgan fingerprint density at radius 1 is 1.00 bits per heavy atom. The molecule has 0 aliphatic heterocycles. The van der Waals surface area contributed by atoms with Gasteiger partial charge in [-0.05, 0) is 95.8 Å². The van der Waals surface area contributed by atoms with Crippen LogP contribution >= 0.6 is 0 Å². The van der Waals surface area contributed by atoms with Crippen molar-refractivity contribution in [1.29, 1.82) is 0 Å². The molecule has 0 atom stereocenters. The van der Waals surface area contributed by atoms with E-state index in [1.165, 1.54) is 49.5 Å². The lowest BCUT2D eigenvalue weighted by atomic mass is 9.43. The second-order valence-electron chi connectivity index (χ2n) is 10.7.